The van der Waals surface area contributed by atoms with Gasteiger partial charge in [-0.3, -0.25) is 9.59 Å². The van der Waals surface area contributed by atoms with Gasteiger partial charge in [0.15, 0.2) is 0 Å². The number of carboxylic acids is 1. The summed E-state index contributed by atoms with van der Waals surface area (Å²) in [6.45, 7) is 2.65. The molecule has 1 unspecified atom stereocenters. The topological polar surface area (TPSA) is 83.6 Å². The van der Waals surface area contributed by atoms with Crippen LogP contribution in [-0.2, 0) is 4.79 Å². The summed E-state index contributed by atoms with van der Waals surface area (Å²) < 4.78 is 0. The van der Waals surface area contributed by atoms with E-state index in [1.807, 2.05) is 6.92 Å². The van der Waals surface area contributed by atoms with Gasteiger partial charge < -0.3 is 15.7 Å². The van der Waals surface area contributed by atoms with E-state index in [1.165, 1.54) is 6.07 Å². The quantitative estimate of drug-likeness (QED) is 0.837. The second kappa shape index (κ2) is 5.93. The molecular formula is C15H19ClN2O3. The predicted molar refractivity (Wildman–Crippen MR) is 81.4 cm³/mol. The van der Waals surface area contributed by atoms with Crippen LogP contribution in [0.5, 0.6) is 0 Å². The average Bonchev–Trinajstić information content (AvgIpc) is 2.87. The summed E-state index contributed by atoms with van der Waals surface area (Å²) >= 11 is 5.93. The summed E-state index contributed by atoms with van der Waals surface area (Å²) in [6, 6.07) is 4.73. The molecule has 1 heterocycles. The number of halogens is 1. The third kappa shape index (κ3) is 2.97. The Balaban J connectivity index is 2.18. The zero-order valence-electron chi connectivity index (χ0n) is 11.9. The summed E-state index contributed by atoms with van der Waals surface area (Å²) in [7, 11) is 0. The molecule has 21 heavy (non-hydrogen) atoms. The van der Waals surface area contributed by atoms with Crippen molar-refractivity contribution in [1.29, 1.82) is 0 Å². The molecule has 2 rings (SSSR count). The van der Waals surface area contributed by atoms with Gasteiger partial charge in [-0.2, -0.15) is 0 Å². The Morgan fingerprint density at radius 3 is 2.76 bits per heavy atom. The molecule has 3 N–H and O–H groups in total. The van der Waals surface area contributed by atoms with Crippen LogP contribution < -0.4 is 5.73 Å². The molecule has 1 aliphatic heterocycles. The summed E-state index contributed by atoms with van der Waals surface area (Å²) in [4.78, 5) is 25.6. The Morgan fingerprint density at radius 1 is 1.48 bits per heavy atom. The van der Waals surface area contributed by atoms with Crippen molar-refractivity contribution in [2.75, 3.05) is 18.8 Å². The van der Waals surface area contributed by atoms with Crippen molar-refractivity contribution in [2.45, 2.75) is 26.2 Å². The second-order valence-corrected chi connectivity index (χ2v) is 5.96. The summed E-state index contributed by atoms with van der Waals surface area (Å²) in [5.74, 6) is -1.02. The Bertz CT molecular complexity index is 576. The molecule has 6 heteroatoms. The Labute approximate surface area is 128 Å². The van der Waals surface area contributed by atoms with Gasteiger partial charge in [-0.15, -0.1) is 0 Å². The van der Waals surface area contributed by atoms with Gasteiger partial charge in [-0.1, -0.05) is 24.9 Å². The number of nitrogen functional groups attached to an aromatic ring is 1. The lowest BCUT2D eigenvalue weighted by Crippen LogP contribution is -2.36. The zero-order valence-corrected chi connectivity index (χ0v) is 12.7. The first kappa shape index (κ1) is 15.6. The molecule has 1 aromatic carbocycles. The van der Waals surface area contributed by atoms with E-state index in [1.54, 1.807) is 17.0 Å². The smallest absolute Gasteiger partial charge is 0.311 e. The number of rotatable bonds is 4. The van der Waals surface area contributed by atoms with Crippen LogP contribution in [0.3, 0.4) is 0 Å². The minimum atomic E-state index is -0.824. The minimum Gasteiger partial charge on any atom is -0.481 e. The largest absolute Gasteiger partial charge is 0.481 e. The van der Waals surface area contributed by atoms with E-state index in [4.69, 9.17) is 17.3 Å². The van der Waals surface area contributed by atoms with Gasteiger partial charge in [0.25, 0.3) is 5.91 Å². The number of hydrogen-bond acceptors (Lipinski definition) is 3. The van der Waals surface area contributed by atoms with E-state index in [2.05, 4.69) is 0 Å². The van der Waals surface area contributed by atoms with Crippen LogP contribution in [0.2, 0.25) is 5.02 Å². The highest BCUT2D eigenvalue weighted by atomic mass is 35.5. The first-order valence-electron chi connectivity index (χ1n) is 6.97. The highest BCUT2D eigenvalue weighted by Crippen LogP contribution is 2.36. The van der Waals surface area contributed by atoms with Crippen molar-refractivity contribution < 1.29 is 14.7 Å². The standard InChI is InChI=1S/C15H19ClN2O3/c1-2-5-15(14(20)21)6-7-18(9-15)13(19)10-3-4-12(17)11(16)8-10/h3-4,8H,2,5-7,9,17H2,1H3,(H,20,21). The lowest BCUT2D eigenvalue weighted by Gasteiger charge is -2.24. The van der Waals surface area contributed by atoms with Crippen molar-refractivity contribution in [3.05, 3.63) is 28.8 Å². The number of hydrogen-bond donors (Lipinski definition) is 2. The van der Waals surface area contributed by atoms with Crippen molar-refractivity contribution in [2.24, 2.45) is 5.41 Å². The zero-order chi connectivity index (χ0) is 15.6. The minimum absolute atomic E-state index is 0.198. The molecule has 1 atom stereocenters. The van der Waals surface area contributed by atoms with E-state index >= 15 is 0 Å². The number of nitrogens with zero attached hydrogens (tertiary/aromatic N) is 1. The Kier molecular flexibility index (Phi) is 4.42. The third-order valence-corrected chi connectivity index (χ3v) is 4.40. The number of benzene rings is 1. The van der Waals surface area contributed by atoms with Crippen molar-refractivity contribution in [1.82, 2.24) is 4.90 Å². The molecule has 114 valence electrons. The number of carboxylic acid groups (broad SMARTS) is 1. The van der Waals surface area contributed by atoms with Gasteiger partial charge in [0.05, 0.1) is 16.1 Å². The molecule has 0 aliphatic carbocycles. The van der Waals surface area contributed by atoms with E-state index < -0.39 is 11.4 Å². The number of aliphatic carboxylic acids is 1. The average molecular weight is 311 g/mol. The highest BCUT2D eigenvalue weighted by molar-refractivity contribution is 6.33. The maximum absolute atomic E-state index is 12.5. The van der Waals surface area contributed by atoms with E-state index in [0.717, 1.165) is 6.42 Å². The van der Waals surface area contributed by atoms with Gasteiger partial charge in [-0.05, 0) is 31.0 Å². The fourth-order valence-corrected chi connectivity index (χ4v) is 3.03. The monoisotopic (exact) mass is 310 g/mol. The van der Waals surface area contributed by atoms with Crippen molar-refractivity contribution >= 4 is 29.2 Å². The number of carbonyl (C=O) groups excluding carboxylic acids is 1. The molecule has 1 saturated heterocycles. The predicted octanol–water partition coefficient (Wildman–Crippen LogP) is 2.64. The number of carbonyl (C=O) groups is 2. The maximum atomic E-state index is 12.5. The van der Waals surface area contributed by atoms with Crippen LogP contribution in [0.4, 0.5) is 5.69 Å². The van der Waals surface area contributed by atoms with E-state index in [9.17, 15) is 14.7 Å². The van der Waals surface area contributed by atoms with Gasteiger partial charge in [-0.25, -0.2) is 0 Å². The van der Waals surface area contributed by atoms with Gasteiger partial charge >= 0.3 is 5.97 Å². The van der Waals surface area contributed by atoms with Crippen LogP contribution in [0.15, 0.2) is 18.2 Å². The SMILES string of the molecule is CCCC1(C(=O)O)CCN(C(=O)c2ccc(N)c(Cl)c2)C1. The summed E-state index contributed by atoms with van der Waals surface area (Å²) in [6.07, 6.45) is 1.85. The molecule has 1 amide bonds. The lowest BCUT2D eigenvalue weighted by atomic mass is 9.83. The van der Waals surface area contributed by atoms with Crippen molar-refractivity contribution in [3.8, 4) is 0 Å². The number of anilines is 1. The molecule has 0 bridgehead atoms. The molecular weight excluding hydrogens is 292 g/mol. The van der Waals surface area contributed by atoms with Crippen LogP contribution in [0.25, 0.3) is 0 Å². The fraction of sp³-hybridized carbons (Fsp3) is 0.467. The second-order valence-electron chi connectivity index (χ2n) is 5.55. The molecule has 0 aromatic heterocycles. The molecule has 1 aliphatic rings. The summed E-state index contributed by atoms with van der Waals surface area (Å²) in [5, 5.41) is 9.80. The Morgan fingerprint density at radius 2 is 2.19 bits per heavy atom. The molecule has 0 spiro atoms. The van der Waals surface area contributed by atoms with Crippen molar-refractivity contribution in [3.63, 3.8) is 0 Å². The first-order chi connectivity index (χ1) is 9.89. The van der Waals surface area contributed by atoms with E-state index in [0.29, 0.717) is 35.7 Å². The Hall–Kier alpha value is -1.75. The normalized spacial score (nSPS) is 21.5. The fourth-order valence-electron chi connectivity index (χ4n) is 2.85. The third-order valence-electron chi connectivity index (χ3n) is 4.07. The highest BCUT2D eigenvalue weighted by Gasteiger charge is 2.45. The molecule has 1 aromatic rings. The lowest BCUT2D eigenvalue weighted by molar-refractivity contribution is -0.148. The van der Waals surface area contributed by atoms with Gasteiger partial charge in [0, 0.05) is 18.7 Å². The first-order valence-corrected chi connectivity index (χ1v) is 7.35. The molecule has 0 saturated carbocycles. The number of amides is 1. The van der Waals surface area contributed by atoms with Crippen LogP contribution in [0.1, 0.15) is 36.5 Å². The number of nitrogens with two attached hydrogens (primary N) is 1. The maximum Gasteiger partial charge on any atom is 0.311 e. The van der Waals surface area contributed by atoms with Gasteiger partial charge in [0.1, 0.15) is 0 Å². The molecule has 5 nitrogen and oxygen atoms in total. The number of likely N-dealkylation sites (tertiary alicyclic amines) is 1. The van der Waals surface area contributed by atoms with Gasteiger partial charge in [0.2, 0.25) is 0 Å². The van der Waals surface area contributed by atoms with Crippen LogP contribution in [-0.4, -0.2) is 35.0 Å². The van der Waals surface area contributed by atoms with E-state index in [-0.39, 0.29) is 12.5 Å². The van der Waals surface area contributed by atoms with Crippen LogP contribution in [0, 0.1) is 5.41 Å². The molecule has 1 fully saturated rings. The molecule has 0 radical (unpaired) electrons. The summed E-state index contributed by atoms with van der Waals surface area (Å²) in [5.41, 5.74) is 5.67. The van der Waals surface area contributed by atoms with Crippen LogP contribution >= 0.6 is 11.6 Å².